The minimum absolute atomic E-state index is 0.154. The van der Waals surface area contributed by atoms with Gasteiger partial charge in [-0.15, -0.1) is 0 Å². The number of hydrogen-bond acceptors (Lipinski definition) is 2. The fraction of sp³-hybridized carbons (Fsp3) is 0.647. The van der Waals surface area contributed by atoms with Crippen LogP contribution in [0.15, 0.2) is 24.3 Å². The average molecular weight is 280 g/mol. The molecular weight excluding hydrogens is 251 g/mol. The van der Waals surface area contributed by atoms with E-state index in [1.54, 1.807) is 12.1 Å². The van der Waals surface area contributed by atoms with Crippen LogP contribution in [0.1, 0.15) is 45.2 Å². The van der Waals surface area contributed by atoms with Crippen LogP contribution in [0.5, 0.6) is 0 Å². The molecule has 0 aliphatic heterocycles. The molecule has 3 heteroatoms. The first-order valence-electron chi connectivity index (χ1n) is 7.70. The molecular formula is C17H29FN2. The lowest BCUT2D eigenvalue weighted by Gasteiger charge is -2.23. The average Bonchev–Trinajstić information content (AvgIpc) is 2.41. The molecule has 0 aromatic heterocycles. The molecule has 1 rings (SSSR count). The molecule has 0 aliphatic rings. The van der Waals surface area contributed by atoms with Gasteiger partial charge in [0.15, 0.2) is 0 Å². The maximum atomic E-state index is 13.3. The van der Waals surface area contributed by atoms with Crippen molar-refractivity contribution in [3.05, 3.63) is 35.6 Å². The molecule has 0 spiro atoms. The fourth-order valence-corrected chi connectivity index (χ4v) is 2.30. The van der Waals surface area contributed by atoms with Gasteiger partial charge < -0.3 is 10.2 Å². The van der Waals surface area contributed by atoms with Crippen molar-refractivity contribution < 1.29 is 4.39 Å². The van der Waals surface area contributed by atoms with E-state index in [0.717, 1.165) is 37.5 Å². The van der Waals surface area contributed by atoms with Gasteiger partial charge in [-0.3, -0.25) is 0 Å². The van der Waals surface area contributed by atoms with E-state index in [0.29, 0.717) is 0 Å². The second-order valence-corrected chi connectivity index (χ2v) is 5.94. The first-order chi connectivity index (χ1) is 9.52. The molecule has 2 nitrogen and oxygen atoms in total. The largest absolute Gasteiger partial charge is 0.310 e. The highest BCUT2D eigenvalue weighted by molar-refractivity contribution is 5.20. The summed E-state index contributed by atoms with van der Waals surface area (Å²) in [6.07, 6.45) is 2.23. The van der Waals surface area contributed by atoms with Crippen LogP contribution < -0.4 is 5.32 Å². The zero-order chi connectivity index (χ0) is 15.0. The Hall–Kier alpha value is -0.930. The molecule has 0 radical (unpaired) electrons. The van der Waals surface area contributed by atoms with E-state index >= 15 is 0 Å². The van der Waals surface area contributed by atoms with Gasteiger partial charge in [0.05, 0.1) is 0 Å². The minimum atomic E-state index is -0.154. The van der Waals surface area contributed by atoms with Crippen LogP contribution in [0.4, 0.5) is 4.39 Å². The molecule has 0 saturated heterocycles. The van der Waals surface area contributed by atoms with Crippen molar-refractivity contribution in [1.29, 1.82) is 0 Å². The van der Waals surface area contributed by atoms with Crippen LogP contribution in [-0.4, -0.2) is 31.6 Å². The molecule has 1 aromatic carbocycles. The minimum Gasteiger partial charge on any atom is -0.310 e. The van der Waals surface area contributed by atoms with Gasteiger partial charge in [0, 0.05) is 6.04 Å². The third-order valence-corrected chi connectivity index (χ3v) is 3.59. The molecule has 0 fully saturated rings. The quantitative estimate of drug-likeness (QED) is 0.739. The first-order valence-corrected chi connectivity index (χ1v) is 7.70. The fourth-order valence-electron chi connectivity index (χ4n) is 2.30. The molecule has 114 valence electrons. The highest BCUT2D eigenvalue weighted by atomic mass is 19.1. The second-order valence-electron chi connectivity index (χ2n) is 5.94. The maximum Gasteiger partial charge on any atom is 0.123 e. The lowest BCUT2D eigenvalue weighted by atomic mass is 10.0. The standard InChI is InChI=1S/C17H29FN2/c1-5-19-17(15-7-6-8-16(18)13-15)10-12-20(4)11-9-14(2)3/h6-8,13-14,17,19H,5,9-12H2,1-4H3. The van der Waals surface area contributed by atoms with Crippen molar-refractivity contribution >= 4 is 0 Å². The van der Waals surface area contributed by atoms with E-state index in [4.69, 9.17) is 0 Å². The number of halogens is 1. The third-order valence-electron chi connectivity index (χ3n) is 3.59. The Morgan fingerprint density at radius 3 is 2.50 bits per heavy atom. The third kappa shape index (κ3) is 6.49. The van der Waals surface area contributed by atoms with E-state index in [9.17, 15) is 4.39 Å². The van der Waals surface area contributed by atoms with E-state index < -0.39 is 0 Å². The Kier molecular flexibility index (Phi) is 7.78. The number of rotatable bonds is 9. The zero-order valence-electron chi connectivity index (χ0n) is 13.3. The maximum absolute atomic E-state index is 13.3. The Morgan fingerprint density at radius 2 is 1.90 bits per heavy atom. The van der Waals surface area contributed by atoms with Gasteiger partial charge in [0.2, 0.25) is 0 Å². The SMILES string of the molecule is CCNC(CCN(C)CCC(C)C)c1cccc(F)c1. The summed E-state index contributed by atoms with van der Waals surface area (Å²) in [6, 6.07) is 7.17. The predicted octanol–water partition coefficient (Wildman–Crippen LogP) is 3.84. The summed E-state index contributed by atoms with van der Waals surface area (Å²) in [5.41, 5.74) is 1.05. The topological polar surface area (TPSA) is 15.3 Å². The van der Waals surface area contributed by atoms with Crippen molar-refractivity contribution in [3.63, 3.8) is 0 Å². The summed E-state index contributed by atoms with van der Waals surface area (Å²) in [4.78, 5) is 2.36. The number of benzene rings is 1. The van der Waals surface area contributed by atoms with Gasteiger partial charge in [-0.05, 0) is 63.1 Å². The molecule has 1 aromatic rings. The van der Waals surface area contributed by atoms with Crippen LogP contribution in [0.2, 0.25) is 0 Å². The Morgan fingerprint density at radius 1 is 1.20 bits per heavy atom. The Bertz CT molecular complexity index is 379. The summed E-state index contributed by atoms with van der Waals surface area (Å²) in [6.45, 7) is 9.65. The van der Waals surface area contributed by atoms with E-state index in [1.165, 1.54) is 12.5 Å². The Balaban J connectivity index is 2.51. The summed E-state index contributed by atoms with van der Waals surface area (Å²) in [5.74, 6) is 0.587. The first kappa shape index (κ1) is 17.1. The van der Waals surface area contributed by atoms with Gasteiger partial charge >= 0.3 is 0 Å². The predicted molar refractivity (Wildman–Crippen MR) is 84.4 cm³/mol. The monoisotopic (exact) mass is 280 g/mol. The molecule has 1 N–H and O–H groups in total. The number of hydrogen-bond donors (Lipinski definition) is 1. The molecule has 1 atom stereocenters. The Labute approximate surface area is 123 Å². The smallest absolute Gasteiger partial charge is 0.123 e. The van der Waals surface area contributed by atoms with Crippen LogP contribution >= 0.6 is 0 Å². The number of nitrogens with one attached hydrogen (secondary N) is 1. The molecule has 0 bridgehead atoms. The van der Waals surface area contributed by atoms with Gasteiger partial charge in [-0.1, -0.05) is 32.9 Å². The van der Waals surface area contributed by atoms with Crippen LogP contribution in [-0.2, 0) is 0 Å². The van der Waals surface area contributed by atoms with Crippen molar-refractivity contribution in [3.8, 4) is 0 Å². The van der Waals surface area contributed by atoms with Crippen molar-refractivity contribution in [2.24, 2.45) is 5.92 Å². The molecule has 0 amide bonds. The molecule has 20 heavy (non-hydrogen) atoms. The molecule has 0 saturated carbocycles. The van der Waals surface area contributed by atoms with Crippen LogP contribution in [0.25, 0.3) is 0 Å². The molecule has 1 unspecified atom stereocenters. The lowest BCUT2D eigenvalue weighted by Crippen LogP contribution is -2.28. The van der Waals surface area contributed by atoms with Crippen molar-refractivity contribution in [2.75, 3.05) is 26.7 Å². The number of nitrogens with zero attached hydrogens (tertiary/aromatic N) is 1. The van der Waals surface area contributed by atoms with Gasteiger partial charge in [-0.25, -0.2) is 4.39 Å². The second kappa shape index (κ2) is 9.09. The van der Waals surface area contributed by atoms with E-state index in [2.05, 4.69) is 38.0 Å². The van der Waals surface area contributed by atoms with Gasteiger partial charge in [0.1, 0.15) is 5.82 Å². The van der Waals surface area contributed by atoms with E-state index in [1.807, 2.05) is 6.07 Å². The van der Waals surface area contributed by atoms with Crippen molar-refractivity contribution in [2.45, 2.75) is 39.7 Å². The summed E-state index contributed by atoms with van der Waals surface area (Å²) in [5, 5.41) is 3.45. The molecule has 0 heterocycles. The molecule has 0 aliphatic carbocycles. The summed E-state index contributed by atoms with van der Waals surface area (Å²) >= 11 is 0. The lowest BCUT2D eigenvalue weighted by molar-refractivity contribution is 0.290. The summed E-state index contributed by atoms with van der Waals surface area (Å²) in [7, 11) is 2.16. The zero-order valence-corrected chi connectivity index (χ0v) is 13.3. The highest BCUT2D eigenvalue weighted by Crippen LogP contribution is 2.18. The summed E-state index contributed by atoms with van der Waals surface area (Å²) < 4.78 is 13.3. The van der Waals surface area contributed by atoms with Crippen LogP contribution in [0.3, 0.4) is 0 Å². The van der Waals surface area contributed by atoms with Crippen LogP contribution in [0, 0.1) is 11.7 Å². The van der Waals surface area contributed by atoms with Crippen molar-refractivity contribution in [1.82, 2.24) is 10.2 Å². The van der Waals surface area contributed by atoms with Gasteiger partial charge in [-0.2, -0.15) is 0 Å². The van der Waals surface area contributed by atoms with Gasteiger partial charge in [0.25, 0.3) is 0 Å². The van der Waals surface area contributed by atoms with E-state index in [-0.39, 0.29) is 11.9 Å². The normalized spacial score (nSPS) is 13.2. The highest BCUT2D eigenvalue weighted by Gasteiger charge is 2.12.